The maximum Gasteiger partial charge on any atom is 0.350 e. The van der Waals surface area contributed by atoms with Crippen LogP contribution >= 0.6 is 0 Å². The third-order valence-electron chi connectivity index (χ3n) is 4.14. The second-order valence-corrected chi connectivity index (χ2v) is 5.79. The summed E-state index contributed by atoms with van der Waals surface area (Å²) in [7, 11) is 0. The molecule has 2 aromatic heterocycles. The number of fused-ring (bicyclic) bond motifs is 1. The average molecular weight is 288 g/mol. The van der Waals surface area contributed by atoms with Crippen LogP contribution in [0.4, 0.5) is 0 Å². The number of aromatic nitrogens is 3. The Hall–Kier alpha value is -2.11. The molecule has 0 spiro atoms. The zero-order valence-electron chi connectivity index (χ0n) is 12.2. The molecule has 2 aromatic rings. The van der Waals surface area contributed by atoms with E-state index in [2.05, 4.69) is 12.0 Å². The summed E-state index contributed by atoms with van der Waals surface area (Å²) in [5.74, 6) is 0.648. The van der Waals surface area contributed by atoms with Crippen molar-refractivity contribution in [3.63, 3.8) is 0 Å². The van der Waals surface area contributed by atoms with Crippen molar-refractivity contribution >= 4 is 11.6 Å². The highest BCUT2D eigenvalue weighted by Crippen LogP contribution is 2.16. The molecule has 0 bridgehead atoms. The zero-order valence-corrected chi connectivity index (χ0v) is 12.2. The number of amides is 1. The minimum absolute atomic E-state index is 0.0189. The number of pyridine rings is 1. The van der Waals surface area contributed by atoms with Gasteiger partial charge in [0.25, 0.3) is 0 Å². The van der Waals surface area contributed by atoms with E-state index in [1.165, 1.54) is 9.08 Å². The lowest BCUT2D eigenvalue weighted by atomic mass is 10.0. The number of carbonyl (C=O) groups excluding carboxylic acids is 1. The molecular weight excluding hydrogens is 268 g/mol. The van der Waals surface area contributed by atoms with Gasteiger partial charge in [0.05, 0.1) is 0 Å². The SMILES string of the molecule is CC1CCCN(C(=O)Cn2nc3ccccn3c2=O)CC1. The average Bonchev–Trinajstić information content (AvgIpc) is 2.65. The summed E-state index contributed by atoms with van der Waals surface area (Å²) in [6, 6.07) is 5.36. The Labute approximate surface area is 123 Å². The summed E-state index contributed by atoms with van der Waals surface area (Å²) in [6.07, 6.45) is 4.90. The molecule has 3 heterocycles. The van der Waals surface area contributed by atoms with Crippen LogP contribution in [0, 0.1) is 5.92 Å². The largest absolute Gasteiger partial charge is 0.350 e. The summed E-state index contributed by atoms with van der Waals surface area (Å²) in [6.45, 7) is 3.81. The Morgan fingerprint density at radius 2 is 2.19 bits per heavy atom. The minimum atomic E-state index is -0.262. The molecule has 1 unspecified atom stereocenters. The normalized spacial score (nSPS) is 19.7. The number of hydrogen-bond donors (Lipinski definition) is 0. The van der Waals surface area contributed by atoms with Gasteiger partial charge in [-0.15, -0.1) is 5.10 Å². The summed E-state index contributed by atoms with van der Waals surface area (Å²) in [5, 5.41) is 4.21. The molecule has 0 aromatic carbocycles. The van der Waals surface area contributed by atoms with Gasteiger partial charge in [0.1, 0.15) is 6.54 Å². The lowest BCUT2D eigenvalue weighted by molar-refractivity contribution is -0.132. The minimum Gasteiger partial charge on any atom is -0.341 e. The van der Waals surface area contributed by atoms with Crippen molar-refractivity contribution in [3.05, 3.63) is 34.9 Å². The van der Waals surface area contributed by atoms with Crippen molar-refractivity contribution in [1.82, 2.24) is 19.1 Å². The standard InChI is InChI=1S/C15H20N4O2/c1-12-5-4-8-17(10-7-12)14(20)11-19-15(21)18-9-3-2-6-13(18)16-19/h2-3,6,9,12H,4-5,7-8,10-11H2,1H3. The molecule has 6 heteroatoms. The van der Waals surface area contributed by atoms with Crippen molar-refractivity contribution in [3.8, 4) is 0 Å². The Morgan fingerprint density at radius 1 is 1.33 bits per heavy atom. The first kappa shape index (κ1) is 13.9. The van der Waals surface area contributed by atoms with E-state index in [0.717, 1.165) is 32.4 Å². The Bertz CT molecular complexity index is 703. The predicted molar refractivity (Wildman–Crippen MR) is 79.0 cm³/mol. The van der Waals surface area contributed by atoms with Crippen molar-refractivity contribution < 1.29 is 4.79 Å². The fourth-order valence-electron chi connectivity index (χ4n) is 2.81. The molecule has 0 N–H and O–H groups in total. The van der Waals surface area contributed by atoms with Crippen LogP contribution in [0.5, 0.6) is 0 Å². The third kappa shape index (κ3) is 2.84. The van der Waals surface area contributed by atoms with Gasteiger partial charge >= 0.3 is 5.69 Å². The van der Waals surface area contributed by atoms with E-state index in [0.29, 0.717) is 11.6 Å². The zero-order chi connectivity index (χ0) is 14.8. The number of likely N-dealkylation sites (tertiary alicyclic amines) is 1. The van der Waals surface area contributed by atoms with Gasteiger partial charge in [0, 0.05) is 19.3 Å². The van der Waals surface area contributed by atoms with Crippen LogP contribution in [0.25, 0.3) is 5.65 Å². The van der Waals surface area contributed by atoms with Gasteiger partial charge in [-0.25, -0.2) is 9.48 Å². The number of carbonyl (C=O) groups is 1. The van der Waals surface area contributed by atoms with Gasteiger partial charge in [-0.3, -0.25) is 9.20 Å². The lowest BCUT2D eigenvalue weighted by Crippen LogP contribution is -2.37. The molecule has 1 amide bonds. The molecule has 1 saturated heterocycles. The molecule has 0 aliphatic carbocycles. The van der Waals surface area contributed by atoms with Crippen LogP contribution in [0.15, 0.2) is 29.2 Å². The monoisotopic (exact) mass is 288 g/mol. The highest BCUT2D eigenvalue weighted by Gasteiger charge is 2.20. The second-order valence-electron chi connectivity index (χ2n) is 5.79. The van der Waals surface area contributed by atoms with E-state index in [1.807, 2.05) is 11.0 Å². The van der Waals surface area contributed by atoms with E-state index in [1.54, 1.807) is 18.3 Å². The molecule has 3 rings (SSSR count). The fraction of sp³-hybridized carbons (Fsp3) is 0.533. The highest BCUT2D eigenvalue weighted by molar-refractivity contribution is 5.75. The van der Waals surface area contributed by atoms with Crippen LogP contribution in [0.1, 0.15) is 26.2 Å². The lowest BCUT2D eigenvalue weighted by Gasteiger charge is -2.20. The van der Waals surface area contributed by atoms with Crippen molar-refractivity contribution in [2.45, 2.75) is 32.7 Å². The maximum atomic E-state index is 12.4. The van der Waals surface area contributed by atoms with Crippen molar-refractivity contribution in [1.29, 1.82) is 0 Å². The summed E-state index contributed by atoms with van der Waals surface area (Å²) in [4.78, 5) is 26.4. The summed E-state index contributed by atoms with van der Waals surface area (Å²) < 4.78 is 2.71. The van der Waals surface area contributed by atoms with E-state index in [9.17, 15) is 9.59 Å². The first-order valence-electron chi connectivity index (χ1n) is 7.47. The van der Waals surface area contributed by atoms with Crippen LogP contribution < -0.4 is 5.69 Å². The van der Waals surface area contributed by atoms with E-state index in [4.69, 9.17) is 0 Å². The quantitative estimate of drug-likeness (QED) is 0.832. The predicted octanol–water partition coefficient (Wildman–Crippen LogP) is 1.14. The molecule has 1 fully saturated rings. The Balaban J connectivity index is 1.77. The first-order chi connectivity index (χ1) is 10.1. The highest BCUT2D eigenvalue weighted by atomic mass is 16.2. The van der Waals surface area contributed by atoms with Crippen molar-refractivity contribution in [2.75, 3.05) is 13.1 Å². The summed E-state index contributed by atoms with van der Waals surface area (Å²) in [5.41, 5.74) is 0.307. The van der Waals surface area contributed by atoms with Crippen LogP contribution in [-0.4, -0.2) is 38.1 Å². The fourth-order valence-corrected chi connectivity index (χ4v) is 2.81. The molecule has 1 aliphatic rings. The van der Waals surface area contributed by atoms with Gasteiger partial charge in [0.15, 0.2) is 5.65 Å². The van der Waals surface area contributed by atoms with Crippen LogP contribution in [0.2, 0.25) is 0 Å². The van der Waals surface area contributed by atoms with Gasteiger partial charge in [-0.1, -0.05) is 13.0 Å². The molecule has 21 heavy (non-hydrogen) atoms. The number of rotatable bonds is 2. The van der Waals surface area contributed by atoms with Crippen molar-refractivity contribution in [2.24, 2.45) is 5.92 Å². The molecule has 1 atom stereocenters. The van der Waals surface area contributed by atoms with E-state index >= 15 is 0 Å². The Morgan fingerprint density at radius 3 is 3.00 bits per heavy atom. The molecular formula is C15H20N4O2. The van der Waals surface area contributed by atoms with Crippen LogP contribution in [-0.2, 0) is 11.3 Å². The van der Waals surface area contributed by atoms with E-state index < -0.39 is 0 Å². The van der Waals surface area contributed by atoms with Crippen LogP contribution in [0.3, 0.4) is 0 Å². The maximum absolute atomic E-state index is 12.4. The molecule has 6 nitrogen and oxygen atoms in total. The third-order valence-corrected chi connectivity index (χ3v) is 4.14. The topological polar surface area (TPSA) is 59.6 Å². The summed E-state index contributed by atoms with van der Waals surface area (Å²) >= 11 is 0. The molecule has 112 valence electrons. The number of hydrogen-bond acceptors (Lipinski definition) is 3. The van der Waals surface area contributed by atoms with Gasteiger partial charge < -0.3 is 4.90 Å². The number of nitrogens with zero attached hydrogens (tertiary/aromatic N) is 4. The molecule has 0 radical (unpaired) electrons. The molecule has 0 saturated carbocycles. The Kier molecular flexibility index (Phi) is 3.77. The smallest absolute Gasteiger partial charge is 0.341 e. The first-order valence-corrected chi connectivity index (χ1v) is 7.47. The molecule has 1 aliphatic heterocycles. The van der Waals surface area contributed by atoms with Gasteiger partial charge in [-0.05, 0) is 37.3 Å². The van der Waals surface area contributed by atoms with Gasteiger partial charge in [0.2, 0.25) is 5.91 Å². The van der Waals surface area contributed by atoms with Gasteiger partial charge in [-0.2, -0.15) is 0 Å². The van der Waals surface area contributed by atoms with E-state index in [-0.39, 0.29) is 18.1 Å². The second kappa shape index (κ2) is 5.71.